The number of hydrogen-bond acceptors (Lipinski definition) is 9. The smallest absolute Gasteiger partial charge is 0.350 e. The normalized spacial score (nSPS) is 14.4. The Morgan fingerprint density at radius 3 is 2.62 bits per heavy atom. The van der Waals surface area contributed by atoms with E-state index in [4.69, 9.17) is 9.47 Å². The molecule has 2 heterocycles. The van der Waals surface area contributed by atoms with E-state index in [1.807, 2.05) is 4.90 Å². The molecule has 11 heteroatoms. The zero-order valence-corrected chi connectivity index (χ0v) is 16.6. The lowest BCUT2D eigenvalue weighted by Crippen LogP contribution is -2.41. The van der Waals surface area contributed by atoms with Gasteiger partial charge in [-0.2, -0.15) is 0 Å². The molecule has 0 spiro atoms. The van der Waals surface area contributed by atoms with E-state index in [1.54, 1.807) is 6.92 Å². The fourth-order valence-corrected chi connectivity index (χ4v) is 3.66. The van der Waals surface area contributed by atoms with E-state index in [0.29, 0.717) is 37.6 Å². The summed E-state index contributed by atoms with van der Waals surface area (Å²) in [6.07, 6.45) is 0. The lowest BCUT2D eigenvalue weighted by Gasteiger charge is -2.25. The zero-order valence-electron chi connectivity index (χ0n) is 15.8. The van der Waals surface area contributed by atoms with Crippen LogP contribution in [0.4, 0.5) is 10.8 Å². The van der Waals surface area contributed by atoms with Gasteiger partial charge in [-0.3, -0.25) is 19.8 Å². The average molecular weight is 420 g/mol. The fourth-order valence-electron chi connectivity index (χ4n) is 2.77. The van der Waals surface area contributed by atoms with Gasteiger partial charge in [0.1, 0.15) is 4.88 Å². The average Bonchev–Trinajstić information content (AvgIpc) is 3.12. The highest BCUT2D eigenvalue weighted by Gasteiger charge is 2.23. The highest BCUT2D eigenvalue weighted by Crippen LogP contribution is 2.32. The van der Waals surface area contributed by atoms with Crippen molar-refractivity contribution in [2.75, 3.05) is 44.8 Å². The van der Waals surface area contributed by atoms with Crippen molar-refractivity contribution in [3.8, 4) is 11.3 Å². The SMILES string of the molecule is CCOC(=O)c1sc(NC(=O)CN2CCOCC2)nc1-c1ccc([N+](=O)[O-])cc1. The number of nitro benzene ring substituents is 1. The first-order valence-electron chi connectivity index (χ1n) is 9.00. The molecule has 10 nitrogen and oxygen atoms in total. The second-order valence-electron chi connectivity index (χ2n) is 6.16. The molecule has 1 aliphatic rings. The third-order valence-corrected chi connectivity index (χ3v) is 5.11. The van der Waals surface area contributed by atoms with E-state index in [1.165, 1.54) is 24.3 Å². The van der Waals surface area contributed by atoms with Crippen LogP contribution in [0.25, 0.3) is 11.3 Å². The monoisotopic (exact) mass is 420 g/mol. The van der Waals surface area contributed by atoms with E-state index in [-0.39, 0.29) is 34.8 Å². The van der Waals surface area contributed by atoms with E-state index < -0.39 is 10.9 Å². The van der Waals surface area contributed by atoms with Gasteiger partial charge in [0.25, 0.3) is 5.69 Å². The number of hydrogen-bond donors (Lipinski definition) is 1. The molecule has 29 heavy (non-hydrogen) atoms. The number of nitrogens with zero attached hydrogens (tertiary/aromatic N) is 3. The minimum absolute atomic E-state index is 0.0688. The molecule has 1 fully saturated rings. The Balaban J connectivity index is 1.81. The number of ether oxygens (including phenoxy) is 2. The number of thiazole rings is 1. The van der Waals surface area contributed by atoms with Gasteiger partial charge in [0.15, 0.2) is 5.13 Å². The summed E-state index contributed by atoms with van der Waals surface area (Å²) >= 11 is 1.01. The maximum Gasteiger partial charge on any atom is 0.350 e. The van der Waals surface area contributed by atoms with Crippen LogP contribution in [0.15, 0.2) is 24.3 Å². The van der Waals surface area contributed by atoms with Crippen LogP contribution in [0.5, 0.6) is 0 Å². The summed E-state index contributed by atoms with van der Waals surface area (Å²) in [5, 5.41) is 13.8. The van der Waals surface area contributed by atoms with Gasteiger partial charge in [-0.15, -0.1) is 0 Å². The van der Waals surface area contributed by atoms with Crippen LogP contribution in [-0.2, 0) is 14.3 Å². The van der Waals surface area contributed by atoms with Crippen LogP contribution in [0.2, 0.25) is 0 Å². The largest absolute Gasteiger partial charge is 0.462 e. The van der Waals surface area contributed by atoms with Gasteiger partial charge < -0.3 is 14.8 Å². The first-order valence-corrected chi connectivity index (χ1v) is 9.82. The van der Waals surface area contributed by atoms with Crippen LogP contribution in [0.3, 0.4) is 0 Å². The summed E-state index contributed by atoms with van der Waals surface area (Å²) in [6.45, 7) is 4.60. The number of benzene rings is 1. The van der Waals surface area contributed by atoms with Crippen LogP contribution in [-0.4, -0.2) is 66.1 Å². The molecule has 0 atom stereocenters. The molecule has 154 valence electrons. The number of anilines is 1. The zero-order chi connectivity index (χ0) is 20.8. The minimum atomic E-state index is -0.563. The third-order valence-electron chi connectivity index (χ3n) is 4.16. The predicted molar refractivity (Wildman–Crippen MR) is 106 cm³/mol. The lowest BCUT2D eigenvalue weighted by molar-refractivity contribution is -0.384. The maximum absolute atomic E-state index is 12.3. The number of nitro groups is 1. The van der Waals surface area contributed by atoms with Gasteiger partial charge in [-0.05, 0) is 19.1 Å². The second kappa shape index (κ2) is 9.54. The molecular weight excluding hydrogens is 400 g/mol. The number of aromatic nitrogens is 1. The molecule has 1 aromatic heterocycles. The highest BCUT2D eigenvalue weighted by atomic mass is 32.1. The van der Waals surface area contributed by atoms with E-state index >= 15 is 0 Å². The van der Waals surface area contributed by atoms with Gasteiger partial charge >= 0.3 is 5.97 Å². The molecule has 0 radical (unpaired) electrons. The number of carbonyl (C=O) groups is 2. The Morgan fingerprint density at radius 2 is 2.00 bits per heavy atom. The van der Waals surface area contributed by atoms with Crippen molar-refractivity contribution >= 4 is 34.0 Å². The van der Waals surface area contributed by atoms with E-state index in [0.717, 1.165) is 11.3 Å². The Kier molecular flexibility index (Phi) is 6.86. The summed E-state index contributed by atoms with van der Waals surface area (Å²) in [5.74, 6) is -0.807. The van der Waals surface area contributed by atoms with Gasteiger partial charge in [-0.1, -0.05) is 11.3 Å². The first-order chi connectivity index (χ1) is 14.0. The highest BCUT2D eigenvalue weighted by molar-refractivity contribution is 7.18. The maximum atomic E-state index is 12.3. The first kappa shape index (κ1) is 20.8. The molecule has 1 N–H and O–H groups in total. The van der Waals surface area contributed by atoms with Gasteiger partial charge in [-0.25, -0.2) is 9.78 Å². The third kappa shape index (κ3) is 5.34. The summed E-state index contributed by atoms with van der Waals surface area (Å²) in [5.41, 5.74) is 0.759. The Labute approximate surface area is 170 Å². The quantitative estimate of drug-likeness (QED) is 0.411. The molecule has 0 bridgehead atoms. The number of rotatable bonds is 7. The molecule has 2 aromatic rings. The number of morpholine rings is 1. The van der Waals surface area contributed by atoms with Crippen LogP contribution < -0.4 is 5.32 Å². The summed E-state index contributed by atoms with van der Waals surface area (Å²) in [6, 6.07) is 5.69. The number of esters is 1. The van der Waals surface area contributed by atoms with Crippen molar-refractivity contribution in [2.45, 2.75) is 6.92 Å². The van der Waals surface area contributed by atoms with Crippen molar-refractivity contribution < 1.29 is 24.0 Å². The molecule has 1 aliphatic heterocycles. The van der Waals surface area contributed by atoms with Crippen molar-refractivity contribution in [3.05, 3.63) is 39.3 Å². The van der Waals surface area contributed by atoms with Crippen LogP contribution >= 0.6 is 11.3 Å². The van der Waals surface area contributed by atoms with Crippen LogP contribution in [0, 0.1) is 10.1 Å². The Hall–Kier alpha value is -2.89. The van der Waals surface area contributed by atoms with Crippen molar-refractivity contribution in [3.63, 3.8) is 0 Å². The summed E-state index contributed by atoms with van der Waals surface area (Å²) in [4.78, 5) is 41.6. The van der Waals surface area contributed by atoms with Gasteiger partial charge in [0.2, 0.25) is 5.91 Å². The number of carbonyl (C=O) groups excluding carboxylic acids is 2. The fraction of sp³-hybridized carbons (Fsp3) is 0.389. The van der Waals surface area contributed by atoms with Crippen LogP contribution in [0.1, 0.15) is 16.6 Å². The topological polar surface area (TPSA) is 124 Å². The second-order valence-corrected chi connectivity index (χ2v) is 7.16. The predicted octanol–water partition coefficient (Wildman–Crippen LogP) is 2.17. The molecule has 1 saturated heterocycles. The Bertz CT molecular complexity index is 892. The number of non-ortho nitro benzene ring substituents is 1. The summed E-state index contributed by atoms with van der Waals surface area (Å²) < 4.78 is 10.3. The molecule has 3 rings (SSSR count). The Morgan fingerprint density at radius 1 is 1.31 bits per heavy atom. The lowest BCUT2D eigenvalue weighted by atomic mass is 10.1. The molecule has 1 aromatic carbocycles. The molecule has 0 aliphatic carbocycles. The van der Waals surface area contributed by atoms with E-state index in [2.05, 4.69) is 10.3 Å². The molecule has 0 unspecified atom stereocenters. The molecule has 0 saturated carbocycles. The minimum Gasteiger partial charge on any atom is -0.462 e. The summed E-state index contributed by atoms with van der Waals surface area (Å²) in [7, 11) is 0. The molecule has 1 amide bonds. The van der Waals surface area contributed by atoms with Gasteiger partial charge in [0.05, 0.1) is 37.0 Å². The number of nitrogens with one attached hydrogen (secondary N) is 1. The standard InChI is InChI=1S/C18H20N4O6S/c1-2-28-17(24)16-15(12-3-5-13(6-4-12)22(25)26)20-18(29-16)19-14(23)11-21-7-9-27-10-8-21/h3-6H,2,7-11H2,1H3,(H,19,20,23). The van der Waals surface area contributed by atoms with Gasteiger partial charge in [0, 0.05) is 30.8 Å². The van der Waals surface area contributed by atoms with E-state index in [9.17, 15) is 19.7 Å². The van der Waals surface area contributed by atoms with Crippen molar-refractivity contribution in [1.82, 2.24) is 9.88 Å². The number of amides is 1. The van der Waals surface area contributed by atoms with Crippen molar-refractivity contribution in [2.24, 2.45) is 0 Å². The van der Waals surface area contributed by atoms with Crippen molar-refractivity contribution in [1.29, 1.82) is 0 Å². The molecular formula is C18H20N4O6S.